The lowest BCUT2D eigenvalue weighted by Gasteiger charge is -2.09. The molecule has 2 N–H and O–H groups in total. The van der Waals surface area contributed by atoms with Crippen LogP contribution in [0.2, 0.25) is 0 Å². The van der Waals surface area contributed by atoms with E-state index in [1.54, 1.807) is 0 Å². The van der Waals surface area contributed by atoms with Crippen molar-refractivity contribution < 1.29 is 15.0 Å². The molecular weight excluding hydrogens is 228 g/mol. The molecule has 18 heavy (non-hydrogen) atoms. The fourth-order valence-corrected chi connectivity index (χ4v) is 2.02. The lowest BCUT2D eigenvalue weighted by atomic mass is 9.94. The summed E-state index contributed by atoms with van der Waals surface area (Å²) in [6, 6.07) is 9.59. The van der Waals surface area contributed by atoms with E-state index in [1.165, 1.54) is 18.2 Å². The van der Waals surface area contributed by atoms with E-state index in [0.717, 1.165) is 11.1 Å². The Morgan fingerprint density at radius 2 is 1.61 bits per heavy atom. The number of carbonyl (C=O) groups excluding carboxylic acids is 1. The molecule has 0 bridgehead atoms. The second kappa shape index (κ2) is 4.53. The minimum Gasteiger partial charge on any atom is -0.508 e. The van der Waals surface area contributed by atoms with Crippen LogP contribution in [0.3, 0.4) is 0 Å². The van der Waals surface area contributed by atoms with Crippen LogP contribution in [-0.2, 0) is 0 Å². The number of carbonyl (C=O) groups is 1. The molecular formula is C15H14O3. The molecule has 3 heteroatoms. The highest BCUT2D eigenvalue weighted by atomic mass is 16.3. The predicted octanol–water partition coefficient (Wildman–Crippen LogP) is 2.95. The first-order chi connectivity index (χ1) is 8.50. The molecule has 2 aromatic carbocycles. The van der Waals surface area contributed by atoms with E-state index >= 15 is 0 Å². The molecule has 0 aliphatic rings. The third-order valence-electron chi connectivity index (χ3n) is 2.93. The van der Waals surface area contributed by atoms with E-state index in [4.69, 9.17) is 0 Å². The summed E-state index contributed by atoms with van der Waals surface area (Å²) in [4.78, 5) is 12.4. The van der Waals surface area contributed by atoms with Gasteiger partial charge in [-0.3, -0.25) is 4.79 Å². The molecule has 0 heterocycles. The largest absolute Gasteiger partial charge is 0.508 e. The molecule has 0 saturated heterocycles. The van der Waals surface area contributed by atoms with Crippen LogP contribution in [0, 0.1) is 13.8 Å². The van der Waals surface area contributed by atoms with E-state index in [-0.39, 0.29) is 22.8 Å². The normalized spacial score (nSPS) is 10.3. The zero-order chi connectivity index (χ0) is 13.3. The van der Waals surface area contributed by atoms with E-state index in [0.29, 0.717) is 5.56 Å². The van der Waals surface area contributed by atoms with Crippen LogP contribution < -0.4 is 0 Å². The Bertz CT molecular complexity index is 595. The number of aromatic hydroxyl groups is 2. The summed E-state index contributed by atoms with van der Waals surface area (Å²) < 4.78 is 0. The molecule has 0 aliphatic carbocycles. The Balaban J connectivity index is 2.55. The molecule has 0 aliphatic heterocycles. The van der Waals surface area contributed by atoms with E-state index in [2.05, 4.69) is 0 Å². The summed E-state index contributed by atoms with van der Waals surface area (Å²) in [5.41, 5.74) is 2.53. The zero-order valence-electron chi connectivity index (χ0n) is 10.3. The van der Waals surface area contributed by atoms with Crippen LogP contribution in [-0.4, -0.2) is 16.0 Å². The van der Waals surface area contributed by atoms with Crippen molar-refractivity contribution in [1.29, 1.82) is 0 Å². The van der Waals surface area contributed by atoms with Crippen molar-refractivity contribution in [1.82, 2.24) is 0 Å². The Morgan fingerprint density at radius 1 is 1.00 bits per heavy atom. The van der Waals surface area contributed by atoms with Crippen molar-refractivity contribution in [2.75, 3.05) is 0 Å². The summed E-state index contributed by atoms with van der Waals surface area (Å²) in [5, 5.41) is 19.0. The number of aryl methyl sites for hydroxylation is 2. The monoisotopic (exact) mass is 242 g/mol. The number of hydrogen-bond donors (Lipinski definition) is 2. The van der Waals surface area contributed by atoms with Gasteiger partial charge in [0.1, 0.15) is 11.5 Å². The van der Waals surface area contributed by atoms with Gasteiger partial charge < -0.3 is 10.2 Å². The summed E-state index contributed by atoms with van der Waals surface area (Å²) in [7, 11) is 0. The maximum Gasteiger partial charge on any atom is 0.197 e. The van der Waals surface area contributed by atoms with Crippen molar-refractivity contribution in [2.24, 2.45) is 0 Å². The molecule has 92 valence electrons. The topological polar surface area (TPSA) is 57.5 Å². The fraction of sp³-hybridized carbons (Fsp3) is 0.133. The van der Waals surface area contributed by atoms with Crippen LogP contribution in [0.1, 0.15) is 27.0 Å². The standard InChI is InChI=1S/C15H14O3/c1-9-4-3-5-10(2)14(9)15(18)12-7-6-11(16)8-13(12)17/h3-8,16-17H,1-2H3. The maximum atomic E-state index is 12.4. The molecule has 0 unspecified atom stereocenters. The molecule has 0 spiro atoms. The second-order valence-corrected chi connectivity index (χ2v) is 4.30. The average Bonchev–Trinajstić information content (AvgIpc) is 2.28. The summed E-state index contributed by atoms with van der Waals surface area (Å²) >= 11 is 0. The summed E-state index contributed by atoms with van der Waals surface area (Å²) in [5.74, 6) is -0.503. The smallest absolute Gasteiger partial charge is 0.197 e. The number of hydrogen-bond acceptors (Lipinski definition) is 3. The third kappa shape index (κ3) is 2.07. The number of benzene rings is 2. The molecule has 2 rings (SSSR count). The number of phenolic OH excluding ortho intramolecular Hbond substituents is 2. The number of ketones is 1. The first-order valence-corrected chi connectivity index (χ1v) is 5.63. The van der Waals surface area contributed by atoms with Crippen LogP contribution >= 0.6 is 0 Å². The minimum absolute atomic E-state index is 0.0643. The number of rotatable bonds is 2. The Morgan fingerprint density at radius 3 is 2.17 bits per heavy atom. The van der Waals surface area contributed by atoms with Crippen LogP contribution in [0.15, 0.2) is 36.4 Å². The van der Waals surface area contributed by atoms with Gasteiger partial charge in [-0.15, -0.1) is 0 Å². The third-order valence-corrected chi connectivity index (χ3v) is 2.93. The lowest BCUT2D eigenvalue weighted by Crippen LogP contribution is -2.06. The molecule has 0 saturated carbocycles. The van der Waals surface area contributed by atoms with Gasteiger partial charge in [0.2, 0.25) is 0 Å². The van der Waals surface area contributed by atoms with Crippen molar-refractivity contribution in [3.63, 3.8) is 0 Å². The van der Waals surface area contributed by atoms with Gasteiger partial charge in [-0.1, -0.05) is 18.2 Å². The molecule has 2 aromatic rings. The number of phenols is 2. The SMILES string of the molecule is Cc1cccc(C)c1C(=O)c1ccc(O)cc1O. The van der Waals surface area contributed by atoms with Gasteiger partial charge in [0, 0.05) is 11.6 Å². The maximum absolute atomic E-state index is 12.4. The Labute approximate surface area is 105 Å². The average molecular weight is 242 g/mol. The van der Waals surface area contributed by atoms with Gasteiger partial charge in [-0.2, -0.15) is 0 Å². The lowest BCUT2D eigenvalue weighted by molar-refractivity contribution is 0.103. The van der Waals surface area contributed by atoms with Crippen molar-refractivity contribution >= 4 is 5.78 Å². The Kier molecular flexibility index (Phi) is 3.06. The highest BCUT2D eigenvalue weighted by Gasteiger charge is 2.17. The van der Waals surface area contributed by atoms with Crippen LogP contribution in [0.25, 0.3) is 0 Å². The zero-order valence-corrected chi connectivity index (χ0v) is 10.3. The van der Waals surface area contributed by atoms with Gasteiger partial charge in [0.25, 0.3) is 0 Å². The molecule has 0 amide bonds. The van der Waals surface area contributed by atoms with Crippen LogP contribution in [0.5, 0.6) is 11.5 Å². The van der Waals surface area contributed by atoms with E-state index in [9.17, 15) is 15.0 Å². The fourth-order valence-electron chi connectivity index (χ4n) is 2.02. The first-order valence-electron chi connectivity index (χ1n) is 5.63. The summed E-state index contributed by atoms with van der Waals surface area (Å²) in [6.45, 7) is 3.72. The molecule has 0 aromatic heterocycles. The van der Waals surface area contributed by atoms with Gasteiger partial charge in [-0.25, -0.2) is 0 Å². The quantitative estimate of drug-likeness (QED) is 0.796. The van der Waals surface area contributed by atoms with Crippen molar-refractivity contribution in [3.05, 3.63) is 58.7 Å². The van der Waals surface area contributed by atoms with Crippen LogP contribution in [0.4, 0.5) is 0 Å². The Hall–Kier alpha value is -2.29. The van der Waals surface area contributed by atoms with Crippen molar-refractivity contribution in [2.45, 2.75) is 13.8 Å². The van der Waals surface area contributed by atoms with E-state index < -0.39 is 0 Å². The highest BCUT2D eigenvalue weighted by molar-refractivity contribution is 6.12. The first kappa shape index (κ1) is 12.2. The minimum atomic E-state index is -0.233. The van der Waals surface area contributed by atoms with Gasteiger partial charge in [-0.05, 0) is 37.1 Å². The molecule has 3 nitrogen and oxygen atoms in total. The summed E-state index contributed by atoms with van der Waals surface area (Å²) in [6.07, 6.45) is 0. The highest BCUT2D eigenvalue weighted by Crippen LogP contribution is 2.27. The van der Waals surface area contributed by atoms with Gasteiger partial charge >= 0.3 is 0 Å². The van der Waals surface area contributed by atoms with E-state index in [1.807, 2.05) is 32.0 Å². The second-order valence-electron chi connectivity index (χ2n) is 4.30. The predicted molar refractivity (Wildman–Crippen MR) is 69.1 cm³/mol. The molecule has 0 atom stereocenters. The molecule has 0 radical (unpaired) electrons. The van der Waals surface area contributed by atoms with Gasteiger partial charge in [0.15, 0.2) is 5.78 Å². The van der Waals surface area contributed by atoms with Gasteiger partial charge in [0.05, 0.1) is 5.56 Å². The molecule has 0 fully saturated rings. The van der Waals surface area contributed by atoms with Crippen molar-refractivity contribution in [3.8, 4) is 11.5 Å².